The van der Waals surface area contributed by atoms with Crippen LogP contribution in [0.2, 0.25) is 0 Å². The average molecular weight is 387 g/mol. The van der Waals surface area contributed by atoms with Crippen LogP contribution in [0.5, 0.6) is 0 Å². The van der Waals surface area contributed by atoms with Crippen molar-refractivity contribution in [2.45, 2.75) is 26.7 Å². The molecule has 1 aliphatic heterocycles. The van der Waals surface area contributed by atoms with E-state index in [1.54, 1.807) is 6.20 Å². The van der Waals surface area contributed by atoms with Gasteiger partial charge in [-0.25, -0.2) is 14.4 Å². The molecule has 3 heterocycles. The molecular formula is C19H26FN7O. The van der Waals surface area contributed by atoms with Gasteiger partial charge in [-0.15, -0.1) is 0 Å². The summed E-state index contributed by atoms with van der Waals surface area (Å²) >= 11 is 0. The van der Waals surface area contributed by atoms with Gasteiger partial charge in [-0.3, -0.25) is 20.6 Å². The van der Waals surface area contributed by atoms with Crippen LogP contribution in [0.4, 0.5) is 10.2 Å². The molecule has 2 aromatic heterocycles. The second-order valence-corrected chi connectivity index (χ2v) is 6.97. The maximum atomic E-state index is 13.2. The van der Waals surface area contributed by atoms with Crippen molar-refractivity contribution in [2.24, 2.45) is 5.92 Å². The molecule has 28 heavy (non-hydrogen) atoms. The number of hydrazine groups is 1. The fraction of sp³-hybridized carbons (Fsp3) is 0.474. The van der Waals surface area contributed by atoms with Gasteiger partial charge in [-0.05, 0) is 44.2 Å². The number of anilines is 1. The van der Waals surface area contributed by atoms with Crippen LogP contribution in [0.1, 0.15) is 33.9 Å². The first-order valence-electron chi connectivity index (χ1n) is 9.45. The SMILES string of the molecule is Cc1nc(C(=O)NCCc2cncc(F)c2)nc(NCCC2CNNC2)c1C. The van der Waals surface area contributed by atoms with Crippen molar-refractivity contribution in [2.75, 3.05) is 31.5 Å². The van der Waals surface area contributed by atoms with Gasteiger partial charge < -0.3 is 10.6 Å². The third-order valence-electron chi connectivity index (χ3n) is 4.80. The molecule has 4 N–H and O–H groups in total. The first kappa shape index (κ1) is 20.1. The molecule has 0 saturated carbocycles. The number of halogens is 1. The Labute approximate surface area is 163 Å². The highest BCUT2D eigenvalue weighted by molar-refractivity contribution is 5.90. The summed E-state index contributed by atoms with van der Waals surface area (Å²) in [5, 5.41) is 6.11. The third-order valence-corrected chi connectivity index (χ3v) is 4.80. The number of hydrogen-bond acceptors (Lipinski definition) is 7. The Bertz CT molecular complexity index is 824. The first-order valence-corrected chi connectivity index (χ1v) is 9.45. The van der Waals surface area contributed by atoms with E-state index in [2.05, 4.69) is 36.4 Å². The molecule has 0 aromatic carbocycles. The van der Waals surface area contributed by atoms with Crippen molar-refractivity contribution in [1.82, 2.24) is 31.1 Å². The molecule has 0 bridgehead atoms. The van der Waals surface area contributed by atoms with E-state index in [0.29, 0.717) is 24.7 Å². The van der Waals surface area contributed by atoms with Crippen molar-refractivity contribution in [3.8, 4) is 0 Å². The largest absolute Gasteiger partial charge is 0.370 e. The minimum Gasteiger partial charge on any atom is -0.370 e. The lowest BCUT2D eigenvalue weighted by atomic mass is 10.1. The number of nitrogens with one attached hydrogen (secondary N) is 4. The number of nitrogens with zero attached hydrogens (tertiary/aromatic N) is 3. The number of hydrogen-bond donors (Lipinski definition) is 4. The molecule has 1 fully saturated rings. The van der Waals surface area contributed by atoms with Crippen LogP contribution in [-0.2, 0) is 6.42 Å². The maximum Gasteiger partial charge on any atom is 0.289 e. The summed E-state index contributed by atoms with van der Waals surface area (Å²) in [6, 6.07) is 1.41. The summed E-state index contributed by atoms with van der Waals surface area (Å²) < 4.78 is 13.2. The molecule has 3 rings (SSSR count). The second-order valence-electron chi connectivity index (χ2n) is 6.97. The van der Waals surface area contributed by atoms with Gasteiger partial charge in [0, 0.05) is 43.6 Å². The Kier molecular flexibility index (Phi) is 6.83. The van der Waals surface area contributed by atoms with E-state index >= 15 is 0 Å². The number of carbonyl (C=O) groups is 1. The highest BCUT2D eigenvalue weighted by Gasteiger charge is 2.16. The van der Waals surface area contributed by atoms with Gasteiger partial charge in [0.05, 0.1) is 6.20 Å². The van der Waals surface area contributed by atoms with E-state index in [-0.39, 0.29) is 17.5 Å². The fourth-order valence-electron chi connectivity index (χ4n) is 3.00. The standard InChI is InChI=1S/C19H26FN7O/c1-12-13(2)26-18(27-17(12)22-5-4-15-9-24-25-10-15)19(28)23-6-3-14-7-16(20)11-21-8-14/h7-8,11,15,24-25H,3-6,9-10H2,1-2H3,(H,23,28)(H,22,26,27). The van der Waals surface area contributed by atoms with E-state index in [1.165, 1.54) is 6.07 Å². The Hall–Kier alpha value is -2.65. The van der Waals surface area contributed by atoms with E-state index in [0.717, 1.165) is 49.1 Å². The molecule has 0 atom stereocenters. The van der Waals surface area contributed by atoms with Crippen LogP contribution < -0.4 is 21.5 Å². The molecule has 8 nitrogen and oxygen atoms in total. The Morgan fingerprint density at radius 1 is 1.21 bits per heavy atom. The van der Waals surface area contributed by atoms with Crippen molar-refractivity contribution < 1.29 is 9.18 Å². The van der Waals surface area contributed by atoms with Crippen LogP contribution in [0, 0.1) is 25.6 Å². The van der Waals surface area contributed by atoms with Crippen LogP contribution >= 0.6 is 0 Å². The summed E-state index contributed by atoms with van der Waals surface area (Å²) in [5.74, 6) is 0.662. The Morgan fingerprint density at radius 3 is 2.75 bits per heavy atom. The summed E-state index contributed by atoms with van der Waals surface area (Å²) in [4.78, 5) is 24.9. The molecule has 9 heteroatoms. The number of aryl methyl sites for hydroxylation is 1. The van der Waals surface area contributed by atoms with Crippen LogP contribution in [0.3, 0.4) is 0 Å². The summed E-state index contributed by atoms with van der Waals surface area (Å²) in [7, 11) is 0. The fourth-order valence-corrected chi connectivity index (χ4v) is 3.00. The van der Waals surface area contributed by atoms with Crippen LogP contribution in [-0.4, -0.2) is 47.0 Å². The molecule has 1 saturated heterocycles. The van der Waals surface area contributed by atoms with E-state index in [4.69, 9.17) is 0 Å². The predicted molar refractivity (Wildman–Crippen MR) is 104 cm³/mol. The average Bonchev–Trinajstić information content (AvgIpc) is 3.18. The third kappa shape index (κ3) is 5.43. The summed E-state index contributed by atoms with van der Waals surface area (Å²) in [6.45, 7) is 6.84. The topological polar surface area (TPSA) is 104 Å². The van der Waals surface area contributed by atoms with Gasteiger partial charge in [-0.1, -0.05) is 0 Å². The number of amides is 1. The Balaban J connectivity index is 1.55. The summed E-state index contributed by atoms with van der Waals surface area (Å²) in [5.41, 5.74) is 8.66. The molecule has 0 aliphatic carbocycles. The zero-order valence-electron chi connectivity index (χ0n) is 16.2. The molecule has 2 aromatic rings. The van der Waals surface area contributed by atoms with Crippen molar-refractivity contribution in [3.05, 3.63) is 46.9 Å². The monoisotopic (exact) mass is 387 g/mol. The molecule has 150 valence electrons. The number of aromatic nitrogens is 3. The van der Waals surface area contributed by atoms with Gasteiger partial charge in [0.1, 0.15) is 11.6 Å². The van der Waals surface area contributed by atoms with Crippen molar-refractivity contribution in [3.63, 3.8) is 0 Å². The van der Waals surface area contributed by atoms with Crippen molar-refractivity contribution in [1.29, 1.82) is 0 Å². The Morgan fingerprint density at radius 2 is 2.00 bits per heavy atom. The van der Waals surface area contributed by atoms with Crippen LogP contribution in [0.25, 0.3) is 0 Å². The quantitative estimate of drug-likeness (QED) is 0.538. The number of carbonyl (C=O) groups excluding carboxylic acids is 1. The van der Waals surface area contributed by atoms with Crippen molar-refractivity contribution >= 4 is 11.7 Å². The number of rotatable bonds is 8. The minimum absolute atomic E-state index is 0.132. The molecule has 1 aliphatic rings. The maximum absolute atomic E-state index is 13.2. The van der Waals surface area contributed by atoms with Gasteiger partial charge in [0.25, 0.3) is 5.91 Å². The molecule has 1 amide bonds. The van der Waals surface area contributed by atoms with Crippen LogP contribution in [0.15, 0.2) is 18.5 Å². The molecule has 0 radical (unpaired) electrons. The lowest BCUT2D eigenvalue weighted by Gasteiger charge is -2.13. The zero-order valence-corrected chi connectivity index (χ0v) is 16.2. The molecular weight excluding hydrogens is 361 g/mol. The number of pyridine rings is 1. The van der Waals surface area contributed by atoms with Gasteiger partial charge in [0.15, 0.2) is 0 Å². The lowest BCUT2D eigenvalue weighted by molar-refractivity contribution is 0.0943. The lowest BCUT2D eigenvalue weighted by Crippen LogP contribution is -2.28. The first-order chi connectivity index (χ1) is 13.5. The molecule has 0 spiro atoms. The highest BCUT2D eigenvalue weighted by atomic mass is 19.1. The normalized spacial score (nSPS) is 14.2. The van der Waals surface area contributed by atoms with E-state index < -0.39 is 0 Å². The predicted octanol–water partition coefficient (Wildman–Crippen LogP) is 1.13. The van der Waals surface area contributed by atoms with E-state index in [1.807, 2.05) is 13.8 Å². The smallest absolute Gasteiger partial charge is 0.289 e. The minimum atomic E-state index is -0.388. The molecule has 0 unspecified atom stereocenters. The zero-order chi connectivity index (χ0) is 19.9. The second kappa shape index (κ2) is 9.52. The van der Waals surface area contributed by atoms with Gasteiger partial charge in [-0.2, -0.15) is 0 Å². The highest BCUT2D eigenvalue weighted by Crippen LogP contribution is 2.15. The van der Waals surface area contributed by atoms with Gasteiger partial charge >= 0.3 is 0 Å². The van der Waals surface area contributed by atoms with E-state index in [9.17, 15) is 9.18 Å². The van der Waals surface area contributed by atoms with Gasteiger partial charge in [0.2, 0.25) is 5.82 Å². The summed E-state index contributed by atoms with van der Waals surface area (Å²) in [6.07, 6.45) is 4.22.